The van der Waals surface area contributed by atoms with E-state index in [0.29, 0.717) is 27.9 Å². The van der Waals surface area contributed by atoms with Gasteiger partial charge in [-0.2, -0.15) is 5.26 Å². The van der Waals surface area contributed by atoms with Gasteiger partial charge in [0, 0.05) is 44.8 Å². The third-order valence-electron chi connectivity index (χ3n) is 7.69. The molecule has 210 valence electrons. The van der Waals surface area contributed by atoms with E-state index in [4.69, 9.17) is 12.2 Å². The number of carbonyl (C=O) groups excluding carboxylic acids is 1. The van der Waals surface area contributed by atoms with Crippen LogP contribution < -0.4 is 10.5 Å². The third-order valence-corrected chi connectivity index (χ3v) is 9.07. The Labute approximate surface area is 250 Å². The monoisotopic (exact) mass is 583 g/mol. The summed E-state index contributed by atoms with van der Waals surface area (Å²) in [6.07, 6.45) is 1.84. The van der Waals surface area contributed by atoms with Crippen molar-refractivity contribution in [3.8, 4) is 6.07 Å². The molecule has 5 rings (SSSR count). The second-order valence-electron chi connectivity index (χ2n) is 10.4. The number of nitriles is 1. The lowest BCUT2D eigenvalue weighted by Gasteiger charge is -2.38. The van der Waals surface area contributed by atoms with Crippen LogP contribution >= 0.6 is 24.0 Å². The summed E-state index contributed by atoms with van der Waals surface area (Å²) in [5.74, 6) is 0.600. The molecule has 2 saturated heterocycles. The molecule has 3 aromatic rings. The van der Waals surface area contributed by atoms with Gasteiger partial charge in [-0.25, -0.2) is 0 Å². The van der Waals surface area contributed by atoms with E-state index in [9.17, 15) is 14.9 Å². The van der Waals surface area contributed by atoms with Crippen LogP contribution in [0, 0.1) is 25.2 Å². The summed E-state index contributed by atoms with van der Waals surface area (Å²) < 4.78 is 2.18. The number of hydrogen-bond donors (Lipinski definition) is 0. The Hall–Kier alpha value is -3.71. The number of hydrogen-bond acceptors (Lipinski definition) is 7. The largest absolute Gasteiger partial charge is 0.355 e. The van der Waals surface area contributed by atoms with Gasteiger partial charge in [-0.1, -0.05) is 84.1 Å². The number of aromatic nitrogens is 1. The summed E-state index contributed by atoms with van der Waals surface area (Å²) in [6, 6.07) is 20.6. The summed E-state index contributed by atoms with van der Waals surface area (Å²) in [6.45, 7) is 10.6. The number of aryl methyl sites for hydroxylation is 1. The zero-order chi connectivity index (χ0) is 29.1. The highest BCUT2D eigenvalue weighted by Gasteiger charge is 2.33. The Morgan fingerprint density at radius 3 is 2.24 bits per heavy atom. The summed E-state index contributed by atoms with van der Waals surface area (Å²) in [7, 11) is 0. The van der Waals surface area contributed by atoms with Crippen molar-refractivity contribution >= 4 is 46.1 Å². The van der Waals surface area contributed by atoms with Crippen LogP contribution in [0.4, 0.5) is 5.82 Å². The molecule has 0 spiro atoms. The summed E-state index contributed by atoms with van der Waals surface area (Å²) in [5.41, 5.74) is 4.57. The number of thioether (sulfide) groups is 1. The maximum atomic E-state index is 13.6. The molecule has 3 heterocycles. The molecule has 0 radical (unpaired) electrons. The van der Waals surface area contributed by atoms with Crippen molar-refractivity contribution in [3.63, 3.8) is 0 Å². The Morgan fingerprint density at radius 2 is 1.61 bits per heavy atom. The Balaban J connectivity index is 1.47. The van der Waals surface area contributed by atoms with E-state index >= 15 is 0 Å². The normalized spacial score (nSPS) is 17.0. The topological polar surface area (TPSA) is 72.6 Å². The molecule has 7 nitrogen and oxygen atoms in total. The molecule has 0 saturated carbocycles. The molecule has 0 N–H and O–H groups in total. The molecule has 9 heteroatoms. The van der Waals surface area contributed by atoms with E-state index < -0.39 is 0 Å². The van der Waals surface area contributed by atoms with Crippen molar-refractivity contribution in [2.75, 3.05) is 31.1 Å². The van der Waals surface area contributed by atoms with Gasteiger partial charge in [0.1, 0.15) is 21.8 Å². The van der Waals surface area contributed by atoms with E-state index in [0.717, 1.165) is 55.2 Å². The minimum atomic E-state index is -0.293. The van der Waals surface area contributed by atoms with Gasteiger partial charge in [-0.05, 0) is 43.5 Å². The highest BCUT2D eigenvalue weighted by Crippen LogP contribution is 2.37. The van der Waals surface area contributed by atoms with Crippen molar-refractivity contribution in [3.05, 3.63) is 103 Å². The molecule has 2 aliphatic heterocycles. The molecule has 0 aliphatic carbocycles. The van der Waals surface area contributed by atoms with Crippen molar-refractivity contribution < 1.29 is 4.79 Å². The summed E-state index contributed by atoms with van der Waals surface area (Å²) in [5, 5.41) is 9.89. The zero-order valence-corrected chi connectivity index (χ0v) is 25.2. The third kappa shape index (κ3) is 6.01. The van der Waals surface area contributed by atoms with Gasteiger partial charge in [0.15, 0.2) is 0 Å². The number of pyridine rings is 1. The minimum absolute atomic E-state index is 0.111. The highest BCUT2D eigenvalue weighted by molar-refractivity contribution is 8.26. The lowest BCUT2D eigenvalue weighted by atomic mass is 10.0. The maximum Gasteiger partial charge on any atom is 0.270 e. The fourth-order valence-electron chi connectivity index (χ4n) is 5.38. The van der Waals surface area contributed by atoms with Gasteiger partial charge in [0.25, 0.3) is 11.5 Å². The van der Waals surface area contributed by atoms with Crippen LogP contribution in [0.1, 0.15) is 40.3 Å². The molecular weight excluding hydrogens is 551 g/mol. The first-order valence-electron chi connectivity index (χ1n) is 13.8. The molecule has 2 fully saturated rings. The van der Waals surface area contributed by atoms with E-state index in [1.807, 2.05) is 50.3 Å². The van der Waals surface area contributed by atoms with Crippen LogP contribution in [0.25, 0.3) is 6.08 Å². The van der Waals surface area contributed by atoms with Gasteiger partial charge < -0.3 is 4.90 Å². The maximum absolute atomic E-state index is 13.6. The number of rotatable bonds is 7. The van der Waals surface area contributed by atoms with E-state index in [2.05, 4.69) is 40.1 Å². The molecular formula is C32H33N5O2S2. The number of thiocarbonyl (C=S) groups is 1. The number of piperazine rings is 1. The van der Waals surface area contributed by atoms with Gasteiger partial charge in [0.05, 0.1) is 11.4 Å². The number of anilines is 1. The molecule has 0 atom stereocenters. The van der Waals surface area contributed by atoms with Crippen LogP contribution in [0.5, 0.6) is 0 Å². The Morgan fingerprint density at radius 1 is 0.951 bits per heavy atom. The van der Waals surface area contributed by atoms with Crippen LogP contribution in [0.2, 0.25) is 0 Å². The fraction of sp³-hybridized carbons (Fsp3) is 0.312. The summed E-state index contributed by atoms with van der Waals surface area (Å²) >= 11 is 6.88. The number of amides is 1. The molecule has 0 bridgehead atoms. The van der Waals surface area contributed by atoms with Gasteiger partial charge >= 0.3 is 0 Å². The fourth-order valence-corrected chi connectivity index (χ4v) is 6.62. The van der Waals surface area contributed by atoms with E-state index in [1.165, 1.54) is 17.3 Å². The first-order valence-corrected chi connectivity index (χ1v) is 15.0. The predicted molar refractivity (Wildman–Crippen MR) is 170 cm³/mol. The highest BCUT2D eigenvalue weighted by atomic mass is 32.2. The standard InChI is InChI=1S/C32H33N5O2S2/c1-4-36-29(35-16-14-34(15-17-35)20-24-8-6-5-7-9-24)26(23(3)27(19-33)30(36)38)18-28-31(39)37(32(40)41-28)21-25-12-10-22(2)11-13-25/h5-13,18H,4,14-17,20-21H2,1-3H3/b28-18-. The predicted octanol–water partition coefficient (Wildman–Crippen LogP) is 5.08. The van der Waals surface area contributed by atoms with Gasteiger partial charge in [0.2, 0.25) is 0 Å². The lowest BCUT2D eigenvalue weighted by molar-refractivity contribution is -0.122. The van der Waals surface area contributed by atoms with Crippen molar-refractivity contribution in [2.24, 2.45) is 0 Å². The van der Waals surface area contributed by atoms with Crippen molar-refractivity contribution in [1.82, 2.24) is 14.4 Å². The molecule has 2 aromatic carbocycles. The molecule has 1 amide bonds. The first-order chi connectivity index (χ1) is 19.8. The second kappa shape index (κ2) is 12.4. The number of nitrogens with zero attached hydrogens (tertiary/aromatic N) is 5. The number of carbonyl (C=O) groups is 1. The molecule has 41 heavy (non-hydrogen) atoms. The Kier molecular flexibility index (Phi) is 8.74. The van der Waals surface area contributed by atoms with E-state index in [-0.39, 0.29) is 17.0 Å². The van der Waals surface area contributed by atoms with Gasteiger partial charge in [-0.3, -0.25) is 24.0 Å². The average Bonchev–Trinajstić information content (AvgIpc) is 3.24. The smallest absolute Gasteiger partial charge is 0.270 e. The average molecular weight is 584 g/mol. The van der Waals surface area contributed by atoms with Gasteiger partial charge in [-0.15, -0.1) is 0 Å². The Bertz CT molecular complexity index is 1600. The van der Waals surface area contributed by atoms with Crippen LogP contribution in [-0.2, 0) is 24.4 Å². The lowest BCUT2D eigenvalue weighted by Crippen LogP contribution is -2.48. The van der Waals surface area contributed by atoms with Crippen LogP contribution in [0.3, 0.4) is 0 Å². The first kappa shape index (κ1) is 28.8. The molecule has 2 aliphatic rings. The number of benzene rings is 2. The SMILES string of the molecule is CCn1c(N2CCN(Cc3ccccc3)CC2)c(/C=C2\SC(=S)N(Cc3ccc(C)cc3)C2=O)c(C)c(C#N)c1=O. The minimum Gasteiger partial charge on any atom is -0.355 e. The van der Waals surface area contributed by atoms with Crippen molar-refractivity contribution in [1.29, 1.82) is 5.26 Å². The van der Waals surface area contributed by atoms with E-state index in [1.54, 1.807) is 16.4 Å². The van der Waals surface area contributed by atoms with Crippen LogP contribution in [0.15, 0.2) is 64.3 Å². The quantitative estimate of drug-likeness (QED) is 0.284. The van der Waals surface area contributed by atoms with Crippen LogP contribution in [-0.4, -0.2) is 50.8 Å². The van der Waals surface area contributed by atoms with Crippen molar-refractivity contribution in [2.45, 2.75) is 40.4 Å². The zero-order valence-electron chi connectivity index (χ0n) is 23.6. The summed E-state index contributed by atoms with van der Waals surface area (Å²) in [4.78, 5) is 33.7. The second-order valence-corrected chi connectivity index (χ2v) is 12.1. The molecule has 1 aromatic heterocycles. The molecule has 0 unspecified atom stereocenters.